The van der Waals surface area contributed by atoms with Gasteiger partial charge in [-0.05, 0) is 36.5 Å². The molecule has 2 aliphatic heterocycles. The van der Waals surface area contributed by atoms with E-state index in [1.807, 2.05) is 4.90 Å². The van der Waals surface area contributed by atoms with E-state index < -0.39 is 9.84 Å². The van der Waals surface area contributed by atoms with Gasteiger partial charge in [-0.3, -0.25) is 9.69 Å². The maximum Gasteiger partial charge on any atom is 0.222 e. The van der Waals surface area contributed by atoms with Crippen LogP contribution in [0.15, 0.2) is 24.3 Å². The van der Waals surface area contributed by atoms with E-state index in [1.165, 1.54) is 12.1 Å². The van der Waals surface area contributed by atoms with Gasteiger partial charge in [0.2, 0.25) is 5.91 Å². The van der Waals surface area contributed by atoms with Gasteiger partial charge < -0.3 is 4.90 Å². The Morgan fingerprint density at radius 1 is 1.12 bits per heavy atom. The highest BCUT2D eigenvalue weighted by atomic mass is 32.2. The molecule has 0 saturated carbocycles. The zero-order chi connectivity index (χ0) is 17.9. The summed E-state index contributed by atoms with van der Waals surface area (Å²) in [6.07, 6.45) is 1.85. The monoisotopic (exact) mass is 368 g/mol. The number of hydrogen-bond acceptors (Lipinski definition) is 4. The first-order valence-corrected chi connectivity index (χ1v) is 10.7. The maximum atomic E-state index is 13.0. The first-order chi connectivity index (χ1) is 11.9. The Balaban J connectivity index is 1.49. The third kappa shape index (κ3) is 5.25. The molecule has 138 valence electrons. The van der Waals surface area contributed by atoms with E-state index in [4.69, 9.17) is 0 Å². The normalized spacial score (nSPS) is 24.2. The van der Waals surface area contributed by atoms with Crippen LogP contribution in [-0.4, -0.2) is 61.8 Å². The van der Waals surface area contributed by atoms with Crippen LogP contribution < -0.4 is 0 Å². The number of nitrogens with zero attached hydrogens (tertiary/aromatic N) is 2. The fraction of sp³-hybridized carbons (Fsp3) is 0.611. The van der Waals surface area contributed by atoms with Gasteiger partial charge in [0.15, 0.2) is 9.84 Å². The van der Waals surface area contributed by atoms with Crippen molar-refractivity contribution in [3.05, 3.63) is 35.6 Å². The van der Waals surface area contributed by atoms with Crippen molar-refractivity contribution >= 4 is 15.7 Å². The van der Waals surface area contributed by atoms with Crippen LogP contribution in [0, 0.1) is 11.7 Å². The van der Waals surface area contributed by atoms with E-state index >= 15 is 0 Å². The van der Waals surface area contributed by atoms with Gasteiger partial charge in [-0.25, -0.2) is 12.8 Å². The summed E-state index contributed by atoms with van der Waals surface area (Å²) in [5.41, 5.74) is 1.07. The lowest BCUT2D eigenvalue weighted by Crippen LogP contribution is -2.36. The van der Waals surface area contributed by atoms with Gasteiger partial charge in [0, 0.05) is 39.1 Å². The predicted octanol–water partition coefficient (Wildman–Crippen LogP) is 1.68. The lowest BCUT2D eigenvalue weighted by molar-refractivity contribution is -0.131. The molecule has 0 bridgehead atoms. The van der Waals surface area contributed by atoms with Gasteiger partial charge in [-0.1, -0.05) is 12.1 Å². The van der Waals surface area contributed by atoms with Crippen molar-refractivity contribution in [2.24, 2.45) is 5.92 Å². The van der Waals surface area contributed by atoms with E-state index in [2.05, 4.69) is 4.90 Å². The Hall–Kier alpha value is -1.47. The molecule has 2 fully saturated rings. The van der Waals surface area contributed by atoms with Crippen molar-refractivity contribution in [2.45, 2.75) is 25.8 Å². The zero-order valence-corrected chi connectivity index (χ0v) is 15.2. The number of carbonyl (C=O) groups excluding carboxylic acids is 1. The number of hydrogen-bond donors (Lipinski definition) is 0. The summed E-state index contributed by atoms with van der Waals surface area (Å²) in [4.78, 5) is 16.6. The van der Waals surface area contributed by atoms with Crippen LogP contribution >= 0.6 is 0 Å². The van der Waals surface area contributed by atoms with Crippen molar-refractivity contribution in [1.29, 1.82) is 0 Å². The average molecular weight is 368 g/mol. The molecule has 2 saturated heterocycles. The number of halogens is 1. The number of benzene rings is 1. The first kappa shape index (κ1) is 18.3. The summed E-state index contributed by atoms with van der Waals surface area (Å²) in [5, 5.41) is 0. The predicted molar refractivity (Wildman–Crippen MR) is 94.3 cm³/mol. The van der Waals surface area contributed by atoms with Gasteiger partial charge in [-0.2, -0.15) is 0 Å². The summed E-state index contributed by atoms with van der Waals surface area (Å²) < 4.78 is 36.1. The molecule has 0 radical (unpaired) electrons. The smallest absolute Gasteiger partial charge is 0.222 e. The van der Waals surface area contributed by atoms with E-state index in [-0.39, 0.29) is 29.1 Å². The van der Waals surface area contributed by atoms with E-state index in [9.17, 15) is 17.6 Å². The molecule has 0 aliphatic carbocycles. The minimum atomic E-state index is -2.93. The van der Waals surface area contributed by atoms with Gasteiger partial charge in [0.05, 0.1) is 11.5 Å². The molecule has 0 aromatic heterocycles. The molecular formula is C18H25FN2O3S. The molecule has 5 nitrogen and oxygen atoms in total. The average Bonchev–Trinajstić information content (AvgIpc) is 2.77. The zero-order valence-electron chi connectivity index (χ0n) is 14.4. The highest BCUT2D eigenvalue weighted by Gasteiger charge is 2.31. The van der Waals surface area contributed by atoms with Crippen LogP contribution in [-0.2, 0) is 21.2 Å². The number of rotatable bonds is 4. The van der Waals surface area contributed by atoms with E-state index in [1.54, 1.807) is 12.1 Å². The molecule has 0 spiro atoms. The number of amides is 1. The topological polar surface area (TPSA) is 57.7 Å². The molecule has 1 atom stereocenters. The Bertz CT molecular complexity index is 706. The summed E-state index contributed by atoms with van der Waals surface area (Å²) in [6.45, 7) is 3.83. The standard InChI is InChI=1S/C18H25FN2O3S/c19-17-4-2-15(3-5-17)13-20-7-1-8-21(10-9-20)18(22)12-16-6-11-25(23,24)14-16/h2-5,16H,1,6-14H2/t16-/m1/s1. The summed E-state index contributed by atoms with van der Waals surface area (Å²) in [7, 11) is -2.93. The summed E-state index contributed by atoms with van der Waals surface area (Å²) in [5.74, 6) is 0.201. The Morgan fingerprint density at radius 3 is 2.56 bits per heavy atom. The largest absolute Gasteiger partial charge is 0.341 e. The third-order valence-corrected chi connectivity index (χ3v) is 6.89. The van der Waals surface area contributed by atoms with Crippen molar-refractivity contribution in [2.75, 3.05) is 37.7 Å². The number of carbonyl (C=O) groups is 1. The maximum absolute atomic E-state index is 13.0. The second-order valence-corrected chi connectivity index (χ2v) is 9.34. The van der Waals surface area contributed by atoms with E-state index in [0.29, 0.717) is 19.4 Å². The molecule has 0 N–H and O–H groups in total. The van der Waals surface area contributed by atoms with Crippen LogP contribution in [0.5, 0.6) is 0 Å². The van der Waals surface area contributed by atoms with Crippen molar-refractivity contribution < 1.29 is 17.6 Å². The second kappa shape index (κ2) is 7.83. The molecular weight excluding hydrogens is 343 g/mol. The van der Waals surface area contributed by atoms with Crippen molar-refractivity contribution in [3.63, 3.8) is 0 Å². The van der Waals surface area contributed by atoms with Gasteiger partial charge in [-0.15, -0.1) is 0 Å². The fourth-order valence-electron chi connectivity index (χ4n) is 3.64. The molecule has 7 heteroatoms. The van der Waals surface area contributed by atoms with Crippen LogP contribution in [0.25, 0.3) is 0 Å². The quantitative estimate of drug-likeness (QED) is 0.811. The highest BCUT2D eigenvalue weighted by Crippen LogP contribution is 2.22. The van der Waals surface area contributed by atoms with Crippen LogP contribution in [0.4, 0.5) is 4.39 Å². The van der Waals surface area contributed by atoms with Crippen molar-refractivity contribution in [1.82, 2.24) is 9.80 Å². The highest BCUT2D eigenvalue weighted by molar-refractivity contribution is 7.91. The molecule has 3 rings (SSSR count). The van der Waals surface area contributed by atoms with Gasteiger partial charge >= 0.3 is 0 Å². The van der Waals surface area contributed by atoms with Crippen LogP contribution in [0.3, 0.4) is 0 Å². The molecule has 2 heterocycles. The lowest BCUT2D eigenvalue weighted by atomic mass is 10.0. The molecule has 25 heavy (non-hydrogen) atoms. The first-order valence-electron chi connectivity index (χ1n) is 8.86. The summed E-state index contributed by atoms with van der Waals surface area (Å²) in [6, 6.07) is 6.53. The van der Waals surface area contributed by atoms with Gasteiger partial charge in [0.1, 0.15) is 5.82 Å². The summed E-state index contributed by atoms with van der Waals surface area (Å²) >= 11 is 0. The molecule has 1 aromatic carbocycles. The van der Waals surface area contributed by atoms with E-state index in [0.717, 1.165) is 38.2 Å². The Labute approximate surface area is 148 Å². The molecule has 1 amide bonds. The minimum absolute atomic E-state index is 0.0175. The van der Waals surface area contributed by atoms with Crippen molar-refractivity contribution in [3.8, 4) is 0 Å². The van der Waals surface area contributed by atoms with Crippen LogP contribution in [0.2, 0.25) is 0 Å². The molecule has 2 aliphatic rings. The third-order valence-electron chi connectivity index (χ3n) is 5.05. The van der Waals surface area contributed by atoms with Gasteiger partial charge in [0.25, 0.3) is 0 Å². The van der Waals surface area contributed by atoms with Crippen LogP contribution in [0.1, 0.15) is 24.8 Å². The lowest BCUT2D eigenvalue weighted by Gasteiger charge is -2.23. The molecule has 0 unspecified atom stereocenters. The SMILES string of the molecule is O=C(C[C@H]1CCS(=O)(=O)C1)N1CCCN(Cc2ccc(F)cc2)CC1. The Morgan fingerprint density at radius 2 is 1.88 bits per heavy atom. The fourth-order valence-corrected chi connectivity index (χ4v) is 5.50. The minimum Gasteiger partial charge on any atom is -0.341 e. The molecule has 1 aromatic rings. The number of sulfone groups is 1. The Kier molecular flexibility index (Phi) is 5.74. The second-order valence-electron chi connectivity index (χ2n) is 7.11.